The van der Waals surface area contributed by atoms with Crippen LogP contribution in [0.25, 0.3) is 0 Å². The van der Waals surface area contributed by atoms with Crippen molar-refractivity contribution in [2.75, 3.05) is 14.2 Å². The molecule has 0 radical (unpaired) electrons. The van der Waals surface area contributed by atoms with Crippen LogP contribution in [0, 0.1) is 20.8 Å². The van der Waals surface area contributed by atoms with Gasteiger partial charge in [0.05, 0.1) is 25.3 Å². The first-order chi connectivity index (χ1) is 12.6. The van der Waals surface area contributed by atoms with Crippen LogP contribution < -0.4 is 4.18 Å². The molecule has 0 bridgehead atoms. The molecule has 0 saturated carbocycles. The Morgan fingerprint density at radius 3 is 1.63 bits per heavy atom. The second-order valence-electron chi connectivity index (χ2n) is 5.99. The maximum Gasteiger partial charge on any atom is 0.339 e. The first kappa shape index (κ1) is 20.4. The fraction of sp³-hybridized carbons (Fsp3) is 0.263. The summed E-state index contributed by atoms with van der Waals surface area (Å²) in [4.78, 5) is 23.3. The predicted molar refractivity (Wildman–Crippen MR) is 97.6 cm³/mol. The van der Waals surface area contributed by atoms with Crippen LogP contribution in [0.2, 0.25) is 0 Å². The zero-order valence-electron chi connectivity index (χ0n) is 15.7. The maximum absolute atomic E-state index is 12.8. The van der Waals surface area contributed by atoms with Crippen LogP contribution in [0.3, 0.4) is 0 Å². The Balaban J connectivity index is 2.58. The summed E-state index contributed by atoms with van der Waals surface area (Å²) in [7, 11) is -2.02. The number of hydrogen-bond donors (Lipinski definition) is 0. The van der Waals surface area contributed by atoms with Crippen molar-refractivity contribution < 1.29 is 31.7 Å². The van der Waals surface area contributed by atoms with E-state index in [2.05, 4.69) is 9.47 Å². The molecule has 27 heavy (non-hydrogen) atoms. The van der Waals surface area contributed by atoms with Gasteiger partial charge in [0.25, 0.3) is 0 Å². The number of hydrogen-bond acceptors (Lipinski definition) is 7. The zero-order valence-corrected chi connectivity index (χ0v) is 16.5. The summed E-state index contributed by atoms with van der Waals surface area (Å²) in [6.45, 7) is 5.35. The minimum Gasteiger partial charge on any atom is -0.465 e. The summed E-state index contributed by atoms with van der Waals surface area (Å²) in [6, 6.07) is 6.96. The zero-order chi connectivity index (χ0) is 20.4. The quantitative estimate of drug-likeness (QED) is 0.570. The molecule has 0 unspecified atom stereocenters. The Hall–Kier alpha value is -2.87. The predicted octanol–water partition coefficient (Wildman–Crippen LogP) is 2.95. The van der Waals surface area contributed by atoms with Gasteiger partial charge in [0.2, 0.25) is 0 Å². The fourth-order valence-electron chi connectivity index (χ4n) is 2.67. The van der Waals surface area contributed by atoms with Gasteiger partial charge in [-0.1, -0.05) is 17.7 Å². The average Bonchev–Trinajstić information content (AvgIpc) is 2.62. The fourth-order valence-corrected chi connectivity index (χ4v) is 3.79. The number of carbonyl (C=O) groups excluding carboxylic acids is 2. The van der Waals surface area contributed by atoms with Gasteiger partial charge in [-0.05, 0) is 50.1 Å². The SMILES string of the molecule is COC(=O)c1cc(C(=O)OC)cc(S(=O)(=O)Oc2c(C)cc(C)cc2C)c1. The van der Waals surface area contributed by atoms with E-state index >= 15 is 0 Å². The first-order valence-electron chi connectivity index (χ1n) is 7.93. The van der Waals surface area contributed by atoms with Crippen molar-refractivity contribution in [3.63, 3.8) is 0 Å². The average molecular weight is 392 g/mol. The number of aryl methyl sites for hydroxylation is 3. The van der Waals surface area contributed by atoms with Gasteiger partial charge in [0.1, 0.15) is 10.6 Å². The molecule has 0 aliphatic rings. The van der Waals surface area contributed by atoms with E-state index in [0.29, 0.717) is 11.1 Å². The van der Waals surface area contributed by atoms with Crippen molar-refractivity contribution in [2.45, 2.75) is 25.7 Å². The molecule has 0 fully saturated rings. The molecule has 0 amide bonds. The first-order valence-corrected chi connectivity index (χ1v) is 9.34. The van der Waals surface area contributed by atoms with Gasteiger partial charge >= 0.3 is 22.1 Å². The number of ether oxygens (including phenoxy) is 2. The van der Waals surface area contributed by atoms with Gasteiger partial charge < -0.3 is 13.7 Å². The maximum atomic E-state index is 12.8. The molecule has 0 spiro atoms. The van der Waals surface area contributed by atoms with Crippen molar-refractivity contribution >= 4 is 22.1 Å². The standard InChI is InChI=1S/C19H20O7S/c1-11-6-12(2)17(13(3)7-11)26-27(22,23)16-9-14(18(20)24-4)8-15(10-16)19(21)25-5/h6-10H,1-5H3. The van der Waals surface area contributed by atoms with Gasteiger partial charge in [-0.25, -0.2) is 9.59 Å². The minimum absolute atomic E-state index is 0.111. The molecule has 0 aromatic heterocycles. The second kappa shape index (κ2) is 7.79. The van der Waals surface area contributed by atoms with Crippen LogP contribution in [0.5, 0.6) is 5.75 Å². The summed E-state index contributed by atoms with van der Waals surface area (Å²) >= 11 is 0. The van der Waals surface area contributed by atoms with Crippen molar-refractivity contribution in [1.29, 1.82) is 0 Å². The van der Waals surface area contributed by atoms with Crippen LogP contribution in [0.15, 0.2) is 35.2 Å². The van der Waals surface area contributed by atoms with Crippen LogP contribution in [0.4, 0.5) is 0 Å². The molecular formula is C19H20O7S. The highest BCUT2D eigenvalue weighted by Gasteiger charge is 2.24. The van der Waals surface area contributed by atoms with E-state index in [1.165, 1.54) is 6.07 Å². The molecule has 8 heteroatoms. The third kappa shape index (κ3) is 4.46. The van der Waals surface area contributed by atoms with Gasteiger partial charge in [-0.2, -0.15) is 8.42 Å². The normalized spacial score (nSPS) is 11.0. The third-order valence-corrected chi connectivity index (χ3v) is 5.03. The highest BCUT2D eigenvalue weighted by molar-refractivity contribution is 7.87. The van der Waals surface area contributed by atoms with Crippen LogP contribution in [0.1, 0.15) is 37.4 Å². The van der Waals surface area contributed by atoms with E-state index in [1.54, 1.807) is 26.0 Å². The highest BCUT2D eigenvalue weighted by atomic mass is 32.2. The monoisotopic (exact) mass is 392 g/mol. The molecule has 0 atom stereocenters. The number of methoxy groups -OCH3 is 2. The van der Waals surface area contributed by atoms with Crippen molar-refractivity contribution in [1.82, 2.24) is 0 Å². The van der Waals surface area contributed by atoms with E-state index in [9.17, 15) is 18.0 Å². The Kier molecular flexibility index (Phi) is 5.90. The molecular weight excluding hydrogens is 372 g/mol. The van der Waals surface area contributed by atoms with Gasteiger partial charge in [-0.3, -0.25) is 0 Å². The summed E-state index contributed by atoms with van der Waals surface area (Å²) < 4.78 is 40.1. The van der Waals surface area contributed by atoms with Gasteiger partial charge in [0.15, 0.2) is 0 Å². The lowest BCUT2D eigenvalue weighted by atomic mass is 10.1. The smallest absolute Gasteiger partial charge is 0.339 e. The number of carbonyl (C=O) groups is 2. The summed E-state index contributed by atoms with van der Waals surface area (Å²) in [6.07, 6.45) is 0. The lowest BCUT2D eigenvalue weighted by molar-refractivity contribution is 0.0598. The van der Waals surface area contributed by atoms with Crippen molar-refractivity contribution in [3.05, 3.63) is 58.1 Å². The second-order valence-corrected chi connectivity index (χ2v) is 7.54. The summed E-state index contributed by atoms with van der Waals surface area (Å²) in [5.41, 5.74) is 2.04. The Bertz CT molecular complexity index is 949. The Morgan fingerprint density at radius 2 is 1.22 bits per heavy atom. The lowest BCUT2D eigenvalue weighted by Crippen LogP contribution is -2.15. The number of rotatable bonds is 5. The lowest BCUT2D eigenvalue weighted by Gasteiger charge is -2.14. The van der Waals surface area contributed by atoms with Crippen molar-refractivity contribution in [2.24, 2.45) is 0 Å². The van der Waals surface area contributed by atoms with Crippen LogP contribution in [-0.2, 0) is 19.6 Å². The van der Waals surface area contributed by atoms with Crippen molar-refractivity contribution in [3.8, 4) is 5.75 Å². The molecule has 0 aliphatic carbocycles. The van der Waals surface area contributed by atoms with E-state index in [0.717, 1.165) is 31.9 Å². The minimum atomic E-state index is -4.32. The number of esters is 2. The third-order valence-electron chi connectivity index (χ3n) is 3.84. The van der Waals surface area contributed by atoms with Gasteiger partial charge in [-0.15, -0.1) is 0 Å². The molecule has 0 heterocycles. The Morgan fingerprint density at radius 1 is 0.778 bits per heavy atom. The Labute approximate surface area is 158 Å². The molecule has 7 nitrogen and oxygen atoms in total. The molecule has 2 aromatic rings. The van der Waals surface area contributed by atoms with E-state index in [1.807, 2.05) is 6.92 Å². The molecule has 144 valence electrons. The van der Waals surface area contributed by atoms with E-state index in [-0.39, 0.29) is 21.8 Å². The largest absolute Gasteiger partial charge is 0.465 e. The molecule has 0 saturated heterocycles. The van der Waals surface area contributed by atoms with Crippen LogP contribution in [-0.4, -0.2) is 34.6 Å². The summed E-state index contributed by atoms with van der Waals surface area (Å²) in [5, 5.41) is 0. The molecule has 2 rings (SSSR count). The van der Waals surface area contributed by atoms with Gasteiger partial charge in [0, 0.05) is 0 Å². The molecule has 0 aliphatic heterocycles. The van der Waals surface area contributed by atoms with E-state index < -0.39 is 22.1 Å². The molecule has 2 aromatic carbocycles. The highest BCUT2D eigenvalue weighted by Crippen LogP contribution is 2.28. The number of benzene rings is 2. The van der Waals surface area contributed by atoms with E-state index in [4.69, 9.17) is 4.18 Å². The molecule has 0 N–H and O–H groups in total. The topological polar surface area (TPSA) is 96.0 Å². The summed E-state index contributed by atoms with van der Waals surface area (Å²) in [5.74, 6) is -1.39. The van der Waals surface area contributed by atoms with Crippen LogP contribution >= 0.6 is 0 Å².